The van der Waals surface area contributed by atoms with Gasteiger partial charge in [-0.05, 0) is 85.5 Å². The lowest BCUT2D eigenvalue weighted by Crippen LogP contribution is -2.53. The number of carbonyl (C=O) groups is 1. The zero-order valence-electron chi connectivity index (χ0n) is 19.2. The summed E-state index contributed by atoms with van der Waals surface area (Å²) in [6, 6.07) is 4.48. The van der Waals surface area contributed by atoms with Gasteiger partial charge < -0.3 is 9.88 Å². The van der Waals surface area contributed by atoms with Crippen molar-refractivity contribution >= 4 is 12.0 Å². The zero-order valence-corrected chi connectivity index (χ0v) is 19.2. The van der Waals surface area contributed by atoms with Crippen LogP contribution in [-0.2, 0) is 11.3 Å². The number of hydrogen-bond donors (Lipinski definition) is 1. The van der Waals surface area contributed by atoms with Crippen LogP contribution in [0.4, 0.5) is 0 Å². The Balaban J connectivity index is 1.21. The van der Waals surface area contributed by atoms with Gasteiger partial charge in [0.2, 0.25) is 5.91 Å². The van der Waals surface area contributed by atoms with Gasteiger partial charge in [0.25, 0.3) is 0 Å². The van der Waals surface area contributed by atoms with Crippen molar-refractivity contribution in [2.45, 2.75) is 65.0 Å². The minimum atomic E-state index is 0.130. The third-order valence-electron chi connectivity index (χ3n) is 9.89. The number of rotatable bonds is 3. The van der Waals surface area contributed by atoms with E-state index in [0.29, 0.717) is 24.4 Å². The maximum absolute atomic E-state index is 13.3. The topological polar surface area (TPSA) is 59.8 Å². The molecule has 3 saturated carbocycles. The Morgan fingerprint density at radius 2 is 1.94 bits per heavy atom. The molecule has 1 unspecified atom stereocenters. The van der Waals surface area contributed by atoms with Gasteiger partial charge in [-0.25, -0.2) is 4.98 Å². The average Bonchev–Trinajstić information content (AvgIpc) is 3.42. The Labute approximate surface area is 190 Å². The number of carbonyl (C=O) groups excluding carboxylic acids is 1. The Kier molecular flexibility index (Phi) is 4.60. The normalized spacial score (nSPS) is 39.5. The van der Waals surface area contributed by atoms with E-state index in [9.17, 15) is 4.79 Å². The predicted molar refractivity (Wildman–Crippen MR) is 124 cm³/mol. The molecule has 5 heteroatoms. The highest BCUT2D eigenvalue weighted by molar-refractivity contribution is 5.80. The first-order chi connectivity index (χ1) is 15.5. The highest BCUT2D eigenvalue weighted by atomic mass is 16.1. The highest BCUT2D eigenvalue weighted by Gasteiger charge is 2.60. The van der Waals surface area contributed by atoms with Gasteiger partial charge in [0.05, 0.1) is 0 Å². The summed E-state index contributed by atoms with van der Waals surface area (Å²) in [6.07, 6.45) is 19.6. The summed E-state index contributed by atoms with van der Waals surface area (Å²) >= 11 is 0. The van der Waals surface area contributed by atoms with Crippen molar-refractivity contribution in [3.05, 3.63) is 54.4 Å². The van der Waals surface area contributed by atoms with Crippen molar-refractivity contribution in [3.8, 4) is 0 Å². The fourth-order valence-corrected chi connectivity index (χ4v) is 8.26. The van der Waals surface area contributed by atoms with Crippen LogP contribution in [0.1, 0.15) is 69.8 Å². The highest BCUT2D eigenvalue weighted by Crippen LogP contribution is 2.67. The van der Waals surface area contributed by atoms with E-state index in [1.807, 2.05) is 18.3 Å². The van der Waals surface area contributed by atoms with Crippen molar-refractivity contribution in [2.24, 2.45) is 34.5 Å². The number of nitrogens with one attached hydrogen (secondary N) is 1. The van der Waals surface area contributed by atoms with E-state index in [4.69, 9.17) is 0 Å². The summed E-state index contributed by atoms with van der Waals surface area (Å²) < 4.78 is 2.42. The van der Waals surface area contributed by atoms with Crippen LogP contribution in [-0.4, -0.2) is 20.4 Å². The zero-order chi connectivity index (χ0) is 21.9. The first-order valence-corrected chi connectivity index (χ1v) is 12.4. The SMILES string of the molecule is C[C@]12CC[C@H]3[C@@H](CCC4n5ccnc5C=C[C@@]43C)[C@@H]1CC[C@@H]2C(=O)NCc1ccncc1. The monoisotopic (exact) mass is 430 g/mol. The molecule has 1 N–H and O–H groups in total. The van der Waals surface area contributed by atoms with Gasteiger partial charge in [0, 0.05) is 48.7 Å². The molecule has 6 rings (SSSR count). The molecule has 5 nitrogen and oxygen atoms in total. The summed E-state index contributed by atoms with van der Waals surface area (Å²) in [6.45, 7) is 5.52. The number of pyridine rings is 1. The lowest BCUT2D eigenvalue weighted by molar-refractivity contribution is -0.133. The maximum Gasteiger partial charge on any atom is 0.223 e. The van der Waals surface area contributed by atoms with Gasteiger partial charge >= 0.3 is 0 Å². The largest absolute Gasteiger partial charge is 0.352 e. The number of nitrogens with zero attached hydrogens (tertiary/aromatic N) is 3. The van der Waals surface area contributed by atoms with E-state index in [-0.39, 0.29) is 22.7 Å². The number of imidazole rings is 1. The quantitative estimate of drug-likeness (QED) is 0.744. The molecule has 0 radical (unpaired) electrons. The summed E-state index contributed by atoms with van der Waals surface area (Å²) in [5.74, 6) is 3.59. The van der Waals surface area contributed by atoms with Crippen LogP contribution in [0.15, 0.2) is 43.0 Å². The number of allylic oxidation sites excluding steroid dienone is 1. The average molecular weight is 431 g/mol. The third-order valence-corrected chi connectivity index (χ3v) is 9.89. The molecule has 0 bridgehead atoms. The third kappa shape index (κ3) is 2.85. The van der Waals surface area contributed by atoms with E-state index in [1.165, 1.54) is 32.1 Å². The van der Waals surface area contributed by atoms with Gasteiger partial charge in [-0.3, -0.25) is 9.78 Å². The van der Waals surface area contributed by atoms with Gasteiger partial charge in [-0.1, -0.05) is 19.9 Å². The smallest absolute Gasteiger partial charge is 0.223 e. The first-order valence-electron chi connectivity index (χ1n) is 12.4. The summed E-state index contributed by atoms with van der Waals surface area (Å²) in [5.41, 5.74) is 1.44. The molecule has 32 heavy (non-hydrogen) atoms. The van der Waals surface area contributed by atoms with Crippen molar-refractivity contribution in [1.82, 2.24) is 19.9 Å². The Morgan fingerprint density at radius 1 is 1.09 bits per heavy atom. The van der Waals surface area contributed by atoms with Gasteiger partial charge in [-0.2, -0.15) is 0 Å². The Hall–Kier alpha value is -2.43. The van der Waals surface area contributed by atoms with Gasteiger partial charge in [0.15, 0.2) is 0 Å². The molecule has 4 aliphatic rings. The van der Waals surface area contributed by atoms with E-state index >= 15 is 0 Å². The van der Waals surface area contributed by atoms with Crippen LogP contribution < -0.4 is 5.32 Å². The first kappa shape index (κ1) is 20.2. The lowest BCUT2D eigenvalue weighted by atomic mass is 9.48. The summed E-state index contributed by atoms with van der Waals surface area (Å²) in [4.78, 5) is 21.9. The summed E-state index contributed by atoms with van der Waals surface area (Å²) in [5, 5.41) is 3.24. The second-order valence-corrected chi connectivity index (χ2v) is 11.1. The van der Waals surface area contributed by atoms with Crippen LogP contribution in [0, 0.1) is 34.5 Å². The van der Waals surface area contributed by atoms with Crippen LogP contribution in [0.25, 0.3) is 6.08 Å². The fraction of sp³-hybridized carbons (Fsp3) is 0.593. The Bertz CT molecular complexity index is 1040. The number of aromatic nitrogens is 3. The van der Waals surface area contributed by atoms with Crippen LogP contribution in [0.3, 0.4) is 0 Å². The predicted octanol–water partition coefficient (Wildman–Crippen LogP) is 5.02. The van der Waals surface area contributed by atoms with Crippen molar-refractivity contribution < 1.29 is 4.79 Å². The van der Waals surface area contributed by atoms with Crippen molar-refractivity contribution in [2.75, 3.05) is 0 Å². The molecule has 3 fully saturated rings. The minimum Gasteiger partial charge on any atom is -0.352 e. The number of amides is 1. The lowest BCUT2D eigenvalue weighted by Gasteiger charge is -2.59. The molecule has 168 valence electrons. The van der Waals surface area contributed by atoms with Gasteiger partial charge in [-0.15, -0.1) is 0 Å². The fourth-order valence-electron chi connectivity index (χ4n) is 8.26. The Morgan fingerprint density at radius 3 is 2.78 bits per heavy atom. The molecular weight excluding hydrogens is 396 g/mol. The van der Waals surface area contributed by atoms with Crippen molar-refractivity contribution in [1.29, 1.82) is 0 Å². The molecular formula is C27H34N4O. The molecule has 2 aromatic rings. The number of hydrogen-bond acceptors (Lipinski definition) is 3. The molecule has 2 aromatic heterocycles. The molecule has 0 aromatic carbocycles. The molecule has 3 aliphatic carbocycles. The molecule has 0 spiro atoms. The minimum absolute atomic E-state index is 0.130. The maximum atomic E-state index is 13.3. The molecule has 1 aliphatic heterocycles. The van der Waals surface area contributed by atoms with Crippen LogP contribution in [0.5, 0.6) is 0 Å². The van der Waals surface area contributed by atoms with E-state index in [1.54, 1.807) is 12.4 Å². The number of fused-ring (bicyclic) bond motifs is 7. The van der Waals surface area contributed by atoms with E-state index < -0.39 is 0 Å². The second-order valence-electron chi connectivity index (χ2n) is 11.1. The summed E-state index contributed by atoms with van der Waals surface area (Å²) in [7, 11) is 0. The second kappa shape index (κ2) is 7.29. The van der Waals surface area contributed by atoms with E-state index in [2.05, 4.69) is 52.0 Å². The van der Waals surface area contributed by atoms with E-state index in [0.717, 1.165) is 23.7 Å². The molecule has 7 atom stereocenters. The van der Waals surface area contributed by atoms with Gasteiger partial charge in [0.1, 0.15) is 5.82 Å². The molecule has 1 amide bonds. The van der Waals surface area contributed by atoms with Crippen LogP contribution in [0.2, 0.25) is 0 Å². The molecule has 3 heterocycles. The molecule has 0 saturated heterocycles. The van der Waals surface area contributed by atoms with Crippen LogP contribution >= 0.6 is 0 Å². The standard InChI is InChI=1S/C27H34N4O/c1-26-11-7-21-19(3-6-23-27(21,2)12-8-24-29-15-16-31(23)24)20(26)4-5-22(26)25(32)30-17-18-9-13-28-14-10-18/h8-10,12-16,19-23H,3-7,11,17H2,1-2H3,(H,30,32)/t19-,20-,21-,22+,23?,26-,27+/m0/s1. The van der Waals surface area contributed by atoms with Crippen molar-refractivity contribution in [3.63, 3.8) is 0 Å².